The molecule has 0 amide bonds. The van der Waals surface area contributed by atoms with E-state index in [1.807, 2.05) is 24.3 Å². The summed E-state index contributed by atoms with van der Waals surface area (Å²) in [7, 11) is 3.07. The van der Waals surface area contributed by atoms with Crippen LogP contribution in [-0.2, 0) is 6.61 Å². The van der Waals surface area contributed by atoms with E-state index < -0.39 is 0 Å². The zero-order valence-corrected chi connectivity index (χ0v) is 27.0. The van der Waals surface area contributed by atoms with Crippen LogP contribution >= 0.6 is 50.7 Å². The van der Waals surface area contributed by atoms with Crippen LogP contribution in [0.4, 0.5) is 0 Å². The number of aromatic nitrogens is 2. The minimum absolute atomic E-state index is 0.121. The Morgan fingerprint density at radius 3 is 2.52 bits per heavy atom. The molecule has 0 N–H and O–H groups in total. The van der Waals surface area contributed by atoms with Crippen LogP contribution < -0.4 is 19.8 Å². The number of nitrogens with zero attached hydrogens (tertiary/aromatic N) is 3. The number of furan rings is 1. The Morgan fingerprint density at radius 1 is 0.955 bits per heavy atom. The van der Waals surface area contributed by atoms with Gasteiger partial charge in [-0.2, -0.15) is 9.78 Å². The number of halogens is 4. The largest absolute Gasteiger partial charge is 0.496 e. The van der Waals surface area contributed by atoms with Crippen molar-refractivity contribution in [2.24, 2.45) is 5.10 Å². The highest BCUT2D eigenvalue weighted by atomic mass is 79.9. The van der Waals surface area contributed by atoms with E-state index in [0.29, 0.717) is 59.6 Å². The van der Waals surface area contributed by atoms with Crippen LogP contribution in [0.3, 0.4) is 0 Å². The fraction of sp³-hybridized carbons (Fsp3) is 0.0938. The van der Waals surface area contributed by atoms with E-state index in [1.54, 1.807) is 55.6 Å². The lowest BCUT2D eigenvalue weighted by atomic mass is 10.2. The van der Waals surface area contributed by atoms with Crippen molar-refractivity contribution in [3.05, 3.63) is 114 Å². The standard InChI is InChI=1S/C32H21BrCl3N3O5/c1-41-24-8-5-9-25-21(24)14-27(44-25)31-38-23-7-4-3-6-20(23)32(40)39(31)37-15-18-12-26(42-2)30(29(36)28(18)33)43-16-17-10-11-19(34)13-22(17)35/h3-15H,16H2,1-2H3. The molecule has 0 radical (unpaired) electrons. The lowest BCUT2D eigenvalue weighted by Crippen LogP contribution is -2.20. The molecule has 8 nitrogen and oxygen atoms in total. The molecule has 0 aliphatic rings. The zero-order valence-electron chi connectivity index (χ0n) is 23.1. The summed E-state index contributed by atoms with van der Waals surface area (Å²) in [6, 6.07) is 21.1. The molecule has 2 heterocycles. The van der Waals surface area contributed by atoms with Crippen LogP contribution in [0.5, 0.6) is 17.2 Å². The van der Waals surface area contributed by atoms with Gasteiger partial charge in [0, 0.05) is 25.6 Å². The number of methoxy groups -OCH3 is 2. The highest BCUT2D eigenvalue weighted by molar-refractivity contribution is 9.10. The average Bonchev–Trinajstić information content (AvgIpc) is 3.47. The summed E-state index contributed by atoms with van der Waals surface area (Å²) in [6.07, 6.45) is 1.48. The Bertz CT molecular complexity index is 2140. The SMILES string of the molecule is COc1cc(C=Nn2c(-c3cc4c(OC)cccc4o3)nc3ccccc3c2=O)c(Br)c(Cl)c1OCc1ccc(Cl)cc1Cl. The number of hydrogen-bond donors (Lipinski definition) is 0. The van der Waals surface area contributed by atoms with Crippen molar-refractivity contribution in [1.82, 2.24) is 9.66 Å². The van der Waals surface area contributed by atoms with Gasteiger partial charge in [-0.05, 0) is 64.5 Å². The smallest absolute Gasteiger partial charge is 0.282 e. The van der Waals surface area contributed by atoms with E-state index in [4.69, 9.17) is 58.4 Å². The van der Waals surface area contributed by atoms with Gasteiger partial charge in [0.1, 0.15) is 23.0 Å². The normalized spacial score (nSPS) is 11.5. The fourth-order valence-corrected chi connectivity index (χ4v) is 5.72. The molecule has 0 unspecified atom stereocenters. The number of hydrogen-bond acceptors (Lipinski definition) is 7. The van der Waals surface area contributed by atoms with E-state index in [9.17, 15) is 4.79 Å². The maximum absolute atomic E-state index is 13.7. The Hall–Kier alpha value is -4.02. The van der Waals surface area contributed by atoms with Crippen LogP contribution in [0, 0.1) is 0 Å². The molecular weight excluding hydrogens is 693 g/mol. The Balaban J connectivity index is 1.43. The van der Waals surface area contributed by atoms with Gasteiger partial charge in [-0.25, -0.2) is 4.98 Å². The lowest BCUT2D eigenvalue weighted by Gasteiger charge is -2.16. The van der Waals surface area contributed by atoms with Crippen LogP contribution in [0.1, 0.15) is 11.1 Å². The third kappa shape index (κ3) is 5.64. The molecule has 0 aliphatic heterocycles. The molecule has 222 valence electrons. The highest BCUT2D eigenvalue weighted by Gasteiger charge is 2.20. The van der Waals surface area contributed by atoms with E-state index in [1.165, 1.54) is 18.0 Å². The number of ether oxygens (including phenoxy) is 3. The second-order valence-corrected chi connectivity index (χ2v) is 11.5. The number of rotatable bonds is 8. The van der Waals surface area contributed by atoms with Crippen LogP contribution in [0.25, 0.3) is 33.5 Å². The maximum Gasteiger partial charge on any atom is 0.282 e. The Morgan fingerprint density at radius 2 is 1.75 bits per heavy atom. The summed E-state index contributed by atoms with van der Waals surface area (Å²) in [5, 5.41) is 6.89. The summed E-state index contributed by atoms with van der Waals surface area (Å²) in [6.45, 7) is 0.121. The van der Waals surface area contributed by atoms with Crippen molar-refractivity contribution < 1.29 is 18.6 Å². The minimum atomic E-state index is -0.386. The highest BCUT2D eigenvalue weighted by Crippen LogP contribution is 2.43. The lowest BCUT2D eigenvalue weighted by molar-refractivity contribution is 0.284. The molecule has 0 spiro atoms. The van der Waals surface area contributed by atoms with Crippen LogP contribution in [0.15, 0.2) is 91.6 Å². The Kier molecular flexibility index (Phi) is 8.55. The molecule has 0 bridgehead atoms. The summed E-state index contributed by atoms with van der Waals surface area (Å²) in [5.74, 6) is 1.81. The van der Waals surface area contributed by atoms with Crippen molar-refractivity contribution in [2.45, 2.75) is 6.61 Å². The van der Waals surface area contributed by atoms with Gasteiger partial charge in [0.25, 0.3) is 5.56 Å². The first-order chi connectivity index (χ1) is 21.3. The molecule has 6 rings (SSSR count). The predicted octanol–water partition coefficient (Wildman–Crippen LogP) is 9.01. The first-order valence-electron chi connectivity index (χ1n) is 13.0. The molecule has 0 aliphatic carbocycles. The third-order valence-corrected chi connectivity index (χ3v) is 8.82. The van der Waals surface area contributed by atoms with Crippen molar-refractivity contribution >= 4 is 78.8 Å². The monoisotopic (exact) mass is 711 g/mol. The molecule has 4 aromatic carbocycles. The van der Waals surface area contributed by atoms with E-state index in [0.717, 1.165) is 10.9 Å². The second-order valence-electron chi connectivity index (χ2n) is 9.45. The van der Waals surface area contributed by atoms with Crippen LogP contribution in [0.2, 0.25) is 15.1 Å². The van der Waals surface area contributed by atoms with Gasteiger partial charge < -0.3 is 18.6 Å². The van der Waals surface area contributed by atoms with Crippen molar-refractivity contribution in [3.8, 4) is 28.8 Å². The van der Waals surface area contributed by atoms with E-state index in [2.05, 4.69) is 21.0 Å². The molecule has 6 aromatic rings. The van der Waals surface area contributed by atoms with Crippen molar-refractivity contribution in [1.29, 1.82) is 0 Å². The molecule has 0 fully saturated rings. The minimum Gasteiger partial charge on any atom is -0.496 e. The van der Waals surface area contributed by atoms with Gasteiger partial charge in [0.2, 0.25) is 5.82 Å². The van der Waals surface area contributed by atoms with Gasteiger partial charge in [-0.3, -0.25) is 4.79 Å². The fourth-order valence-electron chi connectivity index (χ4n) is 4.61. The zero-order chi connectivity index (χ0) is 31.0. The number of benzene rings is 4. The van der Waals surface area contributed by atoms with Gasteiger partial charge in [0.15, 0.2) is 17.3 Å². The average molecular weight is 714 g/mol. The van der Waals surface area contributed by atoms with E-state index >= 15 is 0 Å². The first kappa shape index (κ1) is 30.0. The number of para-hydroxylation sites is 1. The van der Waals surface area contributed by atoms with E-state index in [-0.39, 0.29) is 23.0 Å². The van der Waals surface area contributed by atoms with Gasteiger partial charge in [-0.15, -0.1) is 0 Å². The van der Waals surface area contributed by atoms with Crippen molar-refractivity contribution in [3.63, 3.8) is 0 Å². The second kappa shape index (κ2) is 12.5. The molecule has 0 saturated carbocycles. The van der Waals surface area contributed by atoms with Crippen LogP contribution in [-0.4, -0.2) is 30.1 Å². The molecule has 2 aromatic heterocycles. The third-order valence-electron chi connectivity index (χ3n) is 6.79. The molecule has 0 saturated heterocycles. The van der Waals surface area contributed by atoms with Crippen molar-refractivity contribution in [2.75, 3.05) is 14.2 Å². The summed E-state index contributed by atoms with van der Waals surface area (Å²) in [4.78, 5) is 18.5. The first-order valence-corrected chi connectivity index (χ1v) is 15.0. The molecular formula is C32H21BrCl3N3O5. The quantitative estimate of drug-likeness (QED) is 0.146. The molecule has 12 heteroatoms. The summed E-state index contributed by atoms with van der Waals surface area (Å²) < 4.78 is 24.8. The molecule has 44 heavy (non-hydrogen) atoms. The molecule has 0 atom stereocenters. The van der Waals surface area contributed by atoms with Gasteiger partial charge in [0.05, 0.1) is 36.7 Å². The maximum atomic E-state index is 13.7. The Labute approximate surface area is 274 Å². The number of fused-ring (bicyclic) bond motifs is 2. The summed E-state index contributed by atoms with van der Waals surface area (Å²) in [5.41, 5.74) is 1.92. The van der Waals surface area contributed by atoms with Gasteiger partial charge in [-0.1, -0.05) is 59.1 Å². The predicted molar refractivity (Wildman–Crippen MR) is 177 cm³/mol. The van der Waals surface area contributed by atoms with Gasteiger partial charge >= 0.3 is 0 Å². The summed E-state index contributed by atoms with van der Waals surface area (Å²) >= 11 is 22.6. The topological polar surface area (TPSA) is 88.1 Å².